The van der Waals surface area contributed by atoms with Gasteiger partial charge in [0.2, 0.25) is 11.8 Å². The summed E-state index contributed by atoms with van der Waals surface area (Å²) >= 11 is 0. The first kappa shape index (κ1) is 23.5. The Morgan fingerprint density at radius 1 is 1.29 bits per heavy atom. The van der Waals surface area contributed by atoms with Gasteiger partial charge >= 0.3 is 12.1 Å². The number of nitrogens with one attached hydrogen (secondary N) is 2. The van der Waals surface area contributed by atoms with E-state index in [0.717, 1.165) is 11.1 Å². The quantitative estimate of drug-likeness (QED) is 0.477. The van der Waals surface area contributed by atoms with Crippen LogP contribution in [-0.4, -0.2) is 45.4 Å². The zero-order valence-electron chi connectivity index (χ0n) is 17.9. The van der Waals surface area contributed by atoms with Gasteiger partial charge in [0.25, 0.3) is 0 Å². The average molecular weight is 483 g/mol. The van der Waals surface area contributed by atoms with E-state index in [-0.39, 0.29) is 34.3 Å². The van der Waals surface area contributed by atoms with Crippen LogP contribution in [0, 0.1) is 11.3 Å². The van der Waals surface area contributed by atoms with Gasteiger partial charge in [-0.05, 0) is 30.3 Å². The van der Waals surface area contributed by atoms with Crippen LogP contribution in [0.15, 0.2) is 55.0 Å². The highest BCUT2D eigenvalue weighted by atomic mass is 19.4. The molecule has 0 fully saturated rings. The molecule has 0 saturated carbocycles. The maximum absolute atomic E-state index is 13.2. The van der Waals surface area contributed by atoms with Crippen LogP contribution in [0.5, 0.6) is 5.88 Å². The summed E-state index contributed by atoms with van der Waals surface area (Å²) in [5.74, 6) is -1.39. The summed E-state index contributed by atoms with van der Waals surface area (Å²) in [6, 6.07) is 7.79. The van der Waals surface area contributed by atoms with Crippen LogP contribution in [-0.2, 0) is 0 Å². The molecule has 0 saturated heterocycles. The zero-order chi connectivity index (χ0) is 25.2. The Balaban J connectivity index is 1.78. The van der Waals surface area contributed by atoms with Crippen LogP contribution in [0.2, 0.25) is 0 Å². The van der Waals surface area contributed by atoms with Gasteiger partial charge in [0, 0.05) is 35.4 Å². The van der Waals surface area contributed by atoms with Gasteiger partial charge in [-0.25, -0.2) is 20.2 Å². The first-order chi connectivity index (χ1) is 16.7. The SMILES string of the molecule is COc1ncc(-c2cnc(Nc3cccc(C#N)c3)nc2N2C=CC(C(F)(F)F)N2)cc1C(=O)O. The highest BCUT2D eigenvalue weighted by molar-refractivity contribution is 5.92. The van der Waals surface area contributed by atoms with Crippen molar-refractivity contribution in [3.63, 3.8) is 0 Å². The van der Waals surface area contributed by atoms with Crippen LogP contribution in [0.25, 0.3) is 11.1 Å². The third kappa shape index (κ3) is 4.97. The van der Waals surface area contributed by atoms with Crippen LogP contribution in [0.4, 0.5) is 30.6 Å². The summed E-state index contributed by atoms with van der Waals surface area (Å²) in [7, 11) is 1.26. The molecule has 2 aromatic heterocycles. The van der Waals surface area contributed by atoms with Gasteiger partial charge in [0.1, 0.15) is 11.6 Å². The molecule has 1 unspecified atom stereocenters. The van der Waals surface area contributed by atoms with Crippen molar-refractivity contribution in [3.8, 4) is 23.1 Å². The monoisotopic (exact) mass is 483 g/mol. The number of ether oxygens (including phenoxy) is 1. The first-order valence-corrected chi connectivity index (χ1v) is 9.92. The summed E-state index contributed by atoms with van der Waals surface area (Å²) in [6.07, 6.45) is 0.168. The molecule has 0 amide bonds. The Labute approximate surface area is 196 Å². The first-order valence-electron chi connectivity index (χ1n) is 9.92. The van der Waals surface area contributed by atoms with Gasteiger partial charge in [-0.3, -0.25) is 5.01 Å². The average Bonchev–Trinajstić information content (AvgIpc) is 3.35. The lowest BCUT2D eigenvalue weighted by Gasteiger charge is -2.23. The minimum Gasteiger partial charge on any atom is -0.480 e. The standard InChI is InChI=1S/C22H16F3N7O3/c1-35-19-15(20(33)34)8-13(10-27-19)16-11-28-21(29-14-4-2-3-12(7-14)9-26)30-18(16)32-6-5-17(31-32)22(23,24)25/h2-8,10-11,17,31H,1H3,(H,33,34)(H,28,29,30). The number of anilines is 3. The van der Waals surface area contributed by atoms with Gasteiger partial charge in [0.15, 0.2) is 5.82 Å². The van der Waals surface area contributed by atoms with Gasteiger partial charge < -0.3 is 15.2 Å². The van der Waals surface area contributed by atoms with E-state index in [0.29, 0.717) is 11.3 Å². The second-order valence-electron chi connectivity index (χ2n) is 7.19. The number of alkyl halides is 3. The van der Waals surface area contributed by atoms with E-state index in [2.05, 4.69) is 25.7 Å². The second-order valence-corrected chi connectivity index (χ2v) is 7.19. The topological polar surface area (TPSA) is 136 Å². The summed E-state index contributed by atoms with van der Waals surface area (Å²) in [5, 5.41) is 22.5. The Hall–Kier alpha value is -4.70. The number of hydrogen-bond acceptors (Lipinski definition) is 9. The van der Waals surface area contributed by atoms with Gasteiger partial charge in [-0.1, -0.05) is 6.07 Å². The lowest BCUT2D eigenvalue weighted by molar-refractivity contribution is -0.142. The zero-order valence-corrected chi connectivity index (χ0v) is 17.9. The maximum Gasteiger partial charge on any atom is 0.409 e. The predicted molar refractivity (Wildman–Crippen MR) is 118 cm³/mol. The molecule has 1 atom stereocenters. The molecule has 3 heterocycles. The molecule has 1 aliphatic heterocycles. The van der Waals surface area contributed by atoms with Crippen molar-refractivity contribution in [2.75, 3.05) is 17.4 Å². The third-order valence-electron chi connectivity index (χ3n) is 4.89. The van der Waals surface area contributed by atoms with E-state index in [9.17, 15) is 23.1 Å². The minimum absolute atomic E-state index is 0.00485. The molecular formula is C22H16F3N7O3. The number of nitriles is 1. The second kappa shape index (κ2) is 9.27. The van der Waals surface area contributed by atoms with Crippen LogP contribution in [0.1, 0.15) is 15.9 Å². The Morgan fingerprint density at radius 3 is 2.74 bits per heavy atom. The molecule has 1 aromatic carbocycles. The number of benzene rings is 1. The maximum atomic E-state index is 13.2. The fraction of sp³-hybridized carbons (Fsp3) is 0.136. The van der Waals surface area contributed by atoms with Gasteiger partial charge in [0.05, 0.1) is 18.7 Å². The van der Waals surface area contributed by atoms with Crippen molar-refractivity contribution < 1.29 is 27.8 Å². The highest BCUT2D eigenvalue weighted by Gasteiger charge is 2.41. The Bertz CT molecular complexity index is 1350. The number of aromatic carboxylic acids is 1. The van der Waals surface area contributed by atoms with E-state index in [1.165, 1.54) is 31.8 Å². The third-order valence-corrected chi connectivity index (χ3v) is 4.89. The number of rotatable bonds is 6. The van der Waals surface area contributed by atoms with Gasteiger partial charge in [-0.2, -0.15) is 23.4 Å². The molecule has 10 nitrogen and oxygen atoms in total. The van der Waals surface area contributed by atoms with Crippen LogP contribution >= 0.6 is 0 Å². The van der Waals surface area contributed by atoms with Crippen molar-refractivity contribution >= 4 is 23.4 Å². The van der Waals surface area contributed by atoms with E-state index in [4.69, 9.17) is 10.00 Å². The molecule has 13 heteroatoms. The molecule has 1 aliphatic rings. The summed E-state index contributed by atoms with van der Waals surface area (Å²) in [6.45, 7) is 0. The molecular weight excluding hydrogens is 467 g/mol. The van der Waals surface area contributed by atoms with Crippen molar-refractivity contribution in [3.05, 3.63) is 66.1 Å². The Kier molecular flexibility index (Phi) is 6.22. The molecule has 0 bridgehead atoms. The predicted octanol–water partition coefficient (Wildman–Crippen LogP) is 3.63. The van der Waals surface area contributed by atoms with Crippen molar-refractivity contribution in [1.82, 2.24) is 20.4 Å². The fourth-order valence-electron chi connectivity index (χ4n) is 3.25. The van der Waals surface area contributed by atoms with Crippen molar-refractivity contribution in [2.24, 2.45) is 0 Å². The lowest BCUT2D eigenvalue weighted by atomic mass is 10.1. The van der Waals surface area contributed by atoms with E-state index < -0.39 is 18.2 Å². The smallest absolute Gasteiger partial charge is 0.409 e. The van der Waals surface area contributed by atoms with E-state index >= 15 is 0 Å². The van der Waals surface area contributed by atoms with Gasteiger partial charge in [-0.15, -0.1) is 0 Å². The Morgan fingerprint density at radius 2 is 2.09 bits per heavy atom. The van der Waals surface area contributed by atoms with Crippen molar-refractivity contribution in [2.45, 2.75) is 12.2 Å². The number of halogens is 3. The molecule has 0 aliphatic carbocycles. The summed E-state index contributed by atoms with van der Waals surface area (Å²) in [5.41, 5.74) is 3.37. The highest BCUT2D eigenvalue weighted by Crippen LogP contribution is 2.34. The fourth-order valence-corrected chi connectivity index (χ4v) is 3.25. The number of aromatic nitrogens is 3. The molecule has 0 spiro atoms. The van der Waals surface area contributed by atoms with E-state index in [1.807, 2.05) is 6.07 Å². The van der Waals surface area contributed by atoms with Crippen molar-refractivity contribution in [1.29, 1.82) is 5.26 Å². The van der Waals surface area contributed by atoms with E-state index in [1.54, 1.807) is 24.3 Å². The normalized spacial score (nSPS) is 15.1. The van der Waals surface area contributed by atoms with Crippen LogP contribution in [0.3, 0.4) is 0 Å². The summed E-state index contributed by atoms with van der Waals surface area (Å²) < 4.78 is 44.7. The molecule has 178 valence electrons. The summed E-state index contributed by atoms with van der Waals surface area (Å²) in [4.78, 5) is 24.2. The number of nitrogens with zero attached hydrogens (tertiary/aromatic N) is 5. The molecule has 3 N–H and O–H groups in total. The number of hydrazine groups is 1. The number of hydrogen-bond donors (Lipinski definition) is 3. The largest absolute Gasteiger partial charge is 0.480 e. The van der Waals surface area contributed by atoms with Crippen LogP contribution < -0.4 is 20.5 Å². The number of carboxylic acid groups (broad SMARTS) is 1. The molecule has 0 radical (unpaired) electrons. The number of carboxylic acids is 1. The molecule has 35 heavy (non-hydrogen) atoms. The molecule has 3 aromatic rings. The number of pyridine rings is 1. The lowest BCUT2D eigenvalue weighted by Crippen LogP contribution is -2.44. The minimum atomic E-state index is -4.55. The number of methoxy groups -OCH3 is 1. The number of carbonyl (C=O) groups is 1. The molecule has 4 rings (SSSR count).